The van der Waals surface area contributed by atoms with Crippen molar-refractivity contribution in [2.24, 2.45) is 0 Å². The summed E-state index contributed by atoms with van der Waals surface area (Å²) in [7, 11) is 0. The lowest BCUT2D eigenvalue weighted by molar-refractivity contribution is -0.108. The van der Waals surface area contributed by atoms with E-state index in [1.807, 2.05) is 13.1 Å². The van der Waals surface area contributed by atoms with Gasteiger partial charge in [0.1, 0.15) is 6.29 Å². The highest BCUT2D eigenvalue weighted by molar-refractivity contribution is 5.96. The van der Waals surface area contributed by atoms with Crippen molar-refractivity contribution in [2.75, 3.05) is 0 Å². The number of rotatable bonds is 3. The SMILES string of the molecule is Cc1ccc2c(-c3cn(CC=O)cn3)c(C)[nH]c2c1. The first kappa shape index (κ1) is 11.7. The minimum atomic E-state index is 0.341. The van der Waals surface area contributed by atoms with Crippen molar-refractivity contribution in [1.29, 1.82) is 0 Å². The zero-order valence-corrected chi connectivity index (χ0v) is 11.0. The van der Waals surface area contributed by atoms with Crippen molar-refractivity contribution in [3.05, 3.63) is 42.0 Å². The fraction of sp³-hybridized carbons (Fsp3) is 0.200. The van der Waals surface area contributed by atoms with E-state index in [2.05, 4.69) is 35.1 Å². The van der Waals surface area contributed by atoms with Gasteiger partial charge in [-0.05, 0) is 25.5 Å². The molecule has 1 aromatic carbocycles. The highest BCUT2D eigenvalue weighted by Gasteiger charge is 2.12. The molecule has 2 heterocycles. The highest BCUT2D eigenvalue weighted by Crippen LogP contribution is 2.31. The molecule has 4 heteroatoms. The Labute approximate surface area is 111 Å². The summed E-state index contributed by atoms with van der Waals surface area (Å²) in [4.78, 5) is 18.3. The number of nitrogens with one attached hydrogen (secondary N) is 1. The van der Waals surface area contributed by atoms with Gasteiger partial charge in [0.15, 0.2) is 0 Å². The monoisotopic (exact) mass is 253 g/mol. The quantitative estimate of drug-likeness (QED) is 0.730. The molecule has 0 saturated heterocycles. The van der Waals surface area contributed by atoms with Crippen molar-refractivity contribution < 1.29 is 4.79 Å². The lowest BCUT2D eigenvalue weighted by atomic mass is 10.1. The van der Waals surface area contributed by atoms with Gasteiger partial charge in [-0.1, -0.05) is 12.1 Å². The van der Waals surface area contributed by atoms with Crippen LogP contribution >= 0.6 is 0 Å². The van der Waals surface area contributed by atoms with Crippen molar-refractivity contribution in [1.82, 2.24) is 14.5 Å². The number of hydrogen-bond donors (Lipinski definition) is 1. The summed E-state index contributed by atoms with van der Waals surface area (Å²) >= 11 is 0. The molecule has 0 radical (unpaired) electrons. The Bertz CT molecular complexity index is 752. The standard InChI is InChI=1S/C15H15N3O/c1-10-3-4-12-13(7-10)17-11(2)15(12)14-8-18(5-6-19)9-16-14/h3-4,6-9,17H,5H2,1-2H3. The molecule has 2 aromatic heterocycles. The van der Waals surface area contributed by atoms with Gasteiger partial charge in [-0.25, -0.2) is 4.98 Å². The van der Waals surface area contributed by atoms with Gasteiger partial charge in [-0.15, -0.1) is 0 Å². The summed E-state index contributed by atoms with van der Waals surface area (Å²) < 4.78 is 1.79. The number of aromatic nitrogens is 3. The normalized spacial score (nSPS) is 11.1. The van der Waals surface area contributed by atoms with Crippen LogP contribution in [0.3, 0.4) is 0 Å². The van der Waals surface area contributed by atoms with Gasteiger partial charge >= 0.3 is 0 Å². The number of aryl methyl sites for hydroxylation is 2. The van der Waals surface area contributed by atoms with E-state index in [9.17, 15) is 4.79 Å². The average molecular weight is 253 g/mol. The Morgan fingerprint density at radius 2 is 2.21 bits per heavy atom. The fourth-order valence-electron chi connectivity index (χ4n) is 2.45. The molecule has 4 nitrogen and oxygen atoms in total. The highest BCUT2D eigenvalue weighted by atomic mass is 16.1. The molecule has 0 unspecified atom stereocenters. The van der Waals surface area contributed by atoms with E-state index in [4.69, 9.17) is 0 Å². The Morgan fingerprint density at radius 3 is 3.00 bits per heavy atom. The number of carbonyl (C=O) groups is 1. The van der Waals surface area contributed by atoms with Crippen LogP contribution in [0.5, 0.6) is 0 Å². The third-order valence-corrected chi connectivity index (χ3v) is 3.32. The molecule has 19 heavy (non-hydrogen) atoms. The molecule has 1 N–H and O–H groups in total. The predicted molar refractivity (Wildman–Crippen MR) is 75.1 cm³/mol. The average Bonchev–Trinajstić information content (AvgIpc) is 2.92. The smallest absolute Gasteiger partial charge is 0.139 e. The summed E-state index contributed by atoms with van der Waals surface area (Å²) in [5.41, 5.74) is 5.45. The van der Waals surface area contributed by atoms with Crippen LogP contribution in [0.25, 0.3) is 22.2 Å². The molecule has 96 valence electrons. The first-order valence-corrected chi connectivity index (χ1v) is 6.24. The molecule has 0 spiro atoms. The van der Waals surface area contributed by atoms with Crippen LogP contribution in [0.4, 0.5) is 0 Å². The van der Waals surface area contributed by atoms with E-state index in [0.29, 0.717) is 6.54 Å². The summed E-state index contributed by atoms with van der Waals surface area (Å²) in [6.45, 7) is 4.46. The first-order valence-electron chi connectivity index (χ1n) is 6.24. The van der Waals surface area contributed by atoms with Crippen LogP contribution in [0.2, 0.25) is 0 Å². The topological polar surface area (TPSA) is 50.7 Å². The summed E-state index contributed by atoms with van der Waals surface area (Å²) in [5, 5.41) is 1.17. The maximum atomic E-state index is 10.5. The van der Waals surface area contributed by atoms with Gasteiger partial charge in [-0.3, -0.25) is 0 Å². The van der Waals surface area contributed by atoms with Gasteiger partial charge in [0.25, 0.3) is 0 Å². The molecule has 3 aromatic rings. The lowest BCUT2D eigenvalue weighted by Gasteiger charge is -1.97. The zero-order valence-electron chi connectivity index (χ0n) is 11.0. The third kappa shape index (κ3) is 1.95. The maximum Gasteiger partial charge on any atom is 0.139 e. The van der Waals surface area contributed by atoms with Crippen molar-refractivity contribution >= 4 is 17.2 Å². The minimum Gasteiger partial charge on any atom is -0.358 e. The van der Waals surface area contributed by atoms with Crippen molar-refractivity contribution in [3.8, 4) is 11.3 Å². The van der Waals surface area contributed by atoms with E-state index >= 15 is 0 Å². The second kappa shape index (κ2) is 4.39. The molecule has 3 rings (SSSR count). The Hall–Kier alpha value is -2.36. The number of aromatic amines is 1. The zero-order chi connectivity index (χ0) is 13.4. The first-order chi connectivity index (χ1) is 9.19. The molecule has 0 bridgehead atoms. The number of H-pyrrole nitrogens is 1. The van der Waals surface area contributed by atoms with Crippen LogP contribution in [-0.4, -0.2) is 20.8 Å². The fourth-order valence-corrected chi connectivity index (χ4v) is 2.45. The number of nitrogens with zero attached hydrogens (tertiary/aromatic N) is 2. The lowest BCUT2D eigenvalue weighted by Crippen LogP contribution is -1.93. The van der Waals surface area contributed by atoms with Crippen LogP contribution in [-0.2, 0) is 11.3 Å². The largest absolute Gasteiger partial charge is 0.358 e. The van der Waals surface area contributed by atoms with Gasteiger partial charge in [0, 0.05) is 28.4 Å². The van der Waals surface area contributed by atoms with E-state index in [0.717, 1.165) is 28.8 Å². The van der Waals surface area contributed by atoms with E-state index < -0.39 is 0 Å². The number of aldehydes is 1. The van der Waals surface area contributed by atoms with E-state index in [1.165, 1.54) is 10.9 Å². The molecule has 0 aliphatic heterocycles. The molecule has 0 saturated carbocycles. The second-order valence-electron chi connectivity index (χ2n) is 4.80. The molecular formula is C15H15N3O. The predicted octanol–water partition coefficient (Wildman–Crippen LogP) is 2.85. The Morgan fingerprint density at radius 1 is 1.37 bits per heavy atom. The molecule has 0 atom stereocenters. The Balaban J connectivity index is 2.17. The summed E-state index contributed by atoms with van der Waals surface area (Å²) in [6, 6.07) is 6.35. The number of hydrogen-bond acceptors (Lipinski definition) is 2. The van der Waals surface area contributed by atoms with Crippen molar-refractivity contribution in [3.63, 3.8) is 0 Å². The van der Waals surface area contributed by atoms with Gasteiger partial charge in [0.05, 0.1) is 18.6 Å². The minimum absolute atomic E-state index is 0.341. The maximum absolute atomic E-state index is 10.5. The summed E-state index contributed by atoms with van der Waals surface area (Å²) in [6.07, 6.45) is 4.47. The number of carbonyl (C=O) groups excluding carboxylic acids is 1. The van der Waals surface area contributed by atoms with Crippen LogP contribution in [0.1, 0.15) is 11.3 Å². The molecule has 0 amide bonds. The molecule has 0 aliphatic carbocycles. The second-order valence-corrected chi connectivity index (χ2v) is 4.80. The van der Waals surface area contributed by atoms with Gasteiger partial charge in [0.2, 0.25) is 0 Å². The van der Waals surface area contributed by atoms with E-state index in [1.54, 1.807) is 10.9 Å². The summed E-state index contributed by atoms with van der Waals surface area (Å²) in [5.74, 6) is 0. The number of imidazole rings is 1. The van der Waals surface area contributed by atoms with Crippen LogP contribution in [0, 0.1) is 13.8 Å². The van der Waals surface area contributed by atoms with Gasteiger partial charge < -0.3 is 14.3 Å². The molecule has 0 fully saturated rings. The molecular weight excluding hydrogens is 238 g/mol. The van der Waals surface area contributed by atoms with E-state index in [-0.39, 0.29) is 0 Å². The van der Waals surface area contributed by atoms with Crippen LogP contribution in [0.15, 0.2) is 30.7 Å². The Kier molecular flexibility index (Phi) is 2.71. The number of fused-ring (bicyclic) bond motifs is 1. The molecule has 0 aliphatic rings. The number of benzene rings is 1. The van der Waals surface area contributed by atoms with Crippen LogP contribution < -0.4 is 0 Å². The third-order valence-electron chi connectivity index (χ3n) is 3.32. The van der Waals surface area contributed by atoms with Gasteiger partial charge in [-0.2, -0.15) is 0 Å². The van der Waals surface area contributed by atoms with Crippen molar-refractivity contribution in [2.45, 2.75) is 20.4 Å².